The van der Waals surface area contributed by atoms with Gasteiger partial charge in [0.05, 0.1) is 6.10 Å². The molecule has 0 aromatic heterocycles. The first-order valence-electron chi connectivity index (χ1n) is 6.21. The van der Waals surface area contributed by atoms with Gasteiger partial charge in [0.25, 0.3) is 0 Å². The van der Waals surface area contributed by atoms with Crippen LogP contribution in [0.1, 0.15) is 45.2 Å². The molecule has 0 heterocycles. The molecule has 1 aromatic carbocycles. The average molecular weight is 300 g/mol. The van der Waals surface area contributed by atoms with Gasteiger partial charge < -0.3 is 10.1 Å². The fraction of sp³-hybridized carbons (Fsp3) is 0.571. The van der Waals surface area contributed by atoms with Crippen LogP contribution in [0.5, 0.6) is 5.75 Å². The van der Waals surface area contributed by atoms with Crippen molar-refractivity contribution in [2.75, 3.05) is 7.05 Å². The summed E-state index contributed by atoms with van der Waals surface area (Å²) in [4.78, 5) is 0. The second-order valence-corrected chi connectivity index (χ2v) is 5.33. The maximum atomic E-state index is 6.00. The molecule has 0 saturated heterocycles. The lowest BCUT2D eigenvalue weighted by molar-refractivity contribution is 0.206. The van der Waals surface area contributed by atoms with Crippen LogP contribution in [0, 0.1) is 0 Å². The Labute approximate surface area is 113 Å². The minimum Gasteiger partial charge on any atom is -0.490 e. The molecule has 0 aliphatic carbocycles. The minimum absolute atomic E-state index is 0.268. The second-order valence-electron chi connectivity index (χ2n) is 4.41. The van der Waals surface area contributed by atoms with Gasteiger partial charge in [-0.1, -0.05) is 29.3 Å². The van der Waals surface area contributed by atoms with E-state index in [0.29, 0.717) is 0 Å². The highest BCUT2D eigenvalue weighted by Gasteiger charge is 2.12. The molecule has 0 saturated carbocycles. The Morgan fingerprint density at radius 1 is 1.35 bits per heavy atom. The van der Waals surface area contributed by atoms with Crippen molar-refractivity contribution in [1.82, 2.24) is 5.32 Å². The van der Waals surface area contributed by atoms with Crippen molar-refractivity contribution in [3.05, 3.63) is 28.2 Å². The highest BCUT2D eigenvalue weighted by molar-refractivity contribution is 9.10. The summed E-state index contributed by atoms with van der Waals surface area (Å²) in [7, 11) is 1.96. The van der Waals surface area contributed by atoms with Gasteiger partial charge in [0.15, 0.2) is 0 Å². The van der Waals surface area contributed by atoms with E-state index >= 15 is 0 Å². The van der Waals surface area contributed by atoms with E-state index in [-0.39, 0.29) is 12.1 Å². The summed E-state index contributed by atoms with van der Waals surface area (Å²) in [5.41, 5.74) is 1.20. The molecule has 2 atom stereocenters. The first kappa shape index (κ1) is 14.5. The van der Waals surface area contributed by atoms with Crippen molar-refractivity contribution < 1.29 is 4.74 Å². The van der Waals surface area contributed by atoms with Crippen LogP contribution in [0.25, 0.3) is 0 Å². The lowest BCUT2D eigenvalue weighted by Gasteiger charge is -2.20. The van der Waals surface area contributed by atoms with Crippen LogP contribution >= 0.6 is 15.9 Å². The molecule has 96 valence electrons. The normalized spacial score (nSPS) is 14.4. The smallest absolute Gasteiger partial charge is 0.124 e. The maximum Gasteiger partial charge on any atom is 0.124 e. The van der Waals surface area contributed by atoms with Gasteiger partial charge in [-0.2, -0.15) is 0 Å². The molecule has 3 heteroatoms. The van der Waals surface area contributed by atoms with Crippen molar-refractivity contribution in [3.63, 3.8) is 0 Å². The van der Waals surface area contributed by atoms with E-state index in [9.17, 15) is 0 Å². The third-order valence-electron chi connectivity index (χ3n) is 2.89. The Morgan fingerprint density at radius 3 is 2.65 bits per heavy atom. The molecule has 1 N–H and O–H groups in total. The molecule has 0 aliphatic heterocycles. The Kier molecular flexibility index (Phi) is 6.00. The van der Waals surface area contributed by atoms with Crippen LogP contribution in [0.4, 0.5) is 0 Å². The molecule has 0 amide bonds. The van der Waals surface area contributed by atoms with E-state index < -0.39 is 0 Å². The first-order chi connectivity index (χ1) is 8.08. The highest BCUT2D eigenvalue weighted by atomic mass is 79.9. The van der Waals surface area contributed by atoms with Gasteiger partial charge in [0, 0.05) is 16.1 Å². The molecule has 1 aromatic rings. The van der Waals surface area contributed by atoms with Crippen LogP contribution in [-0.4, -0.2) is 13.2 Å². The zero-order chi connectivity index (χ0) is 12.8. The topological polar surface area (TPSA) is 21.3 Å². The maximum absolute atomic E-state index is 6.00. The Hall–Kier alpha value is -0.540. The monoisotopic (exact) mass is 299 g/mol. The molecule has 0 bridgehead atoms. The van der Waals surface area contributed by atoms with Gasteiger partial charge in [-0.3, -0.25) is 0 Å². The van der Waals surface area contributed by atoms with Crippen molar-refractivity contribution in [2.45, 2.75) is 45.8 Å². The molecule has 0 fully saturated rings. The van der Waals surface area contributed by atoms with Crippen LogP contribution in [0.15, 0.2) is 22.7 Å². The summed E-state index contributed by atoms with van der Waals surface area (Å²) < 4.78 is 7.09. The van der Waals surface area contributed by atoms with E-state index in [1.807, 2.05) is 19.2 Å². The molecule has 0 radical (unpaired) electrons. The quantitative estimate of drug-likeness (QED) is 0.846. The van der Waals surface area contributed by atoms with Crippen LogP contribution in [0.2, 0.25) is 0 Å². The summed E-state index contributed by atoms with van der Waals surface area (Å²) in [6.45, 7) is 6.44. The number of ether oxygens (including phenoxy) is 1. The summed E-state index contributed by atoms with van der Waals surface area (Å²) in [6, 6.07) is 6.48. The predicted molar refractivity (Wildman–Crippen MR) is 76.6 cm³/mol. The van der Waals surface area contributed by atoms with Crippen molar-refractivity contribution in [2.24, 2.45) is 0 Å². The van der Waals surface area contributed by atoms with E-state index in [1.54, 1.807) is 0 Å². The third kappa shape index (κ3) is 4.32. The predicted octanol–water partition coefficient (Wildman–Crippen LogP) is 4.30. The summed E-state index contributed by atoms with van der Waals surface area (Å²) in [6.07, 6.45) is 2.50. The SMILES string of the molecule is CCCC(C)Oc1ccc(Br)cc1C(C)NC. The number of rotatable bonds is 6. The van der Waals surface area contributed by atoms with Crippen LogP contribution < -0.4 is 10.1 Å². The van der Waals surface area contributed by atoms with Gasteiger partial charge in [-0.05, 0) is 45.5 Å². The van der Waals surface area contributed by atoms with Gasteiger partial charge in [-0.15, -0.1) is 0 Å². The minimum atomic E-state index is 0.268. The number of hydrogen-bond donors (Lipinski definition) is 1. The molecule has 0 aliphatic rings. The lowest BCUT2D eigenvalue weighted by atomic mass is 10.1. The van der Waals surface area contributed by atoms with Gasteiger partial charge in [0.1, 0.15) is 5.75 Å². The number of halogens is 1. The standard InChI is InChI=1S/C14H22BrNO/c1-5-6-10(2)17-14-8-7-12(15)9-13(14)11(3)16-4/h7-11,16H,5-6H2,1-4H3. The zero-order valence-corrected chi connectivity index (χ0v) is 12.7. The Morgan fingerprint density at radius 2 is 2.06 bits per heavy atom. The lowest BCUT2D eigenvalue weighted by Crippen LogP contribution is -2.17. The van der Waals surface area contributed by atoms with Gasteiger partial charge >= 0.3 is 0 Å². The van der Waals surface area contributed by atoms with E-state index in [0.717, 1.165) is 23.1 Å². The van der Waals surface area contributed by atoms with Crippen LogP contribution in [-0.2, 0) is 0 Å². The zero-order valence-electron chi connectivity index (χ0n) is 11.1. The summed E-state index contributed by atoms with van der Waals surface area (Å²) in [5.74, 6) is 0.982. The molecule has 2 nitrogen and oxygen atoms in total. The highest BCUT2D eigenvalue weighted by Crippen LogP contribution is 2.29. The fourth-order valence-corrected chi connectivity index (χ4v) is 2.18. The Bertz CT molecular complexity index is 354. The number of hydrogen-bond acceptors (Lipinski definition) is 2. The third-order valence-corrected chi connectivity index (χ3v) is 3.39. The van der Waals surface area contributed by atoms with Crippen molar-refractivity contribution in [1.29, 1.82) is 0 Å². The number of benzene rings is 1. The summed E-state index contributed by atoms with van der Waals surface area (Å²) in [5, 5.41) is 3.25. The molecular weight excluding hydrogens is 278 g/mol. The van der Waals surface area contributed by atoms with E-state index in [4.69, 9.17) is 4.74 Å². The number of nitrogens with one attached hydrogen (secondary N) is 1. The van der Waals surface area contributed by atoms with E-state index in [1.165, 1.54) is 5.56 Å². The van der Waals surface area contributed by atoms with Gasteiger partial charge in [-0.25, -0.2) is 0 Å². The van der Waals surface area contributed by atoms with Crippen LogP contribution in [0.3, 0.4) is 0 Å². The van der Waals surface area contributed by atoms with E-state index in [2.05, 4.69) is 48.1 Å². The second kappa shape index (κ2) is 7.02. The van der Waals surface area contributed by atoms with Gasteiger partial charge in [0.2, 0.25) is 0 Å². The fourth-order valence-electron chi connectivity index (χ4n) is 1.80. The molecular formula is C14H22BrNO. The van der Waals surface area contributed by atoms with Crippen molar-refractivity contribution >= 4 is 15.9 Å². The average Bonchev–Trinajstić information content (AvgIpc) is 2.30. The molecule has 2 unspecified atom stereocenters. The Balaban J connectivity index is 2.90. The molecule has 0 spiro atoms. The largest absolute Gasteiger partial charge is 0.490 e. The molecule has 1 rings (SSSR count). The van der Waals surface area contributed by atoms with Crippen molar-refractivity contribution in [3.8, 4) is 5.75 Å². The first-order valence-corrected chi connectivity index (χ1v) is 7.01. The molecule has 17 heavy (non-hydrogen) atoms. The summed E-state index contributed by atoms with van der Waals surface area (Å²) >= 11 is 3.51.